The molecule has 0 unspecified atom stereocenters. The van der Waals surface area contributed by atoms with Gasteiger partial charge in [-0.3, -0.25) is 0 Å². The number of carboxylic acid groups (broad SMARTS) is 1. The van der Waals surface area contributed by atoms with Gasteiger partial charge in [-0.1, -0.05) is 13.8 Å². The maximum atomic E-state index is 10.8. The van der Waals surface area contributed by atoms with Gasteiger partial charge in [0.05, 0.1) is 5.69 Å². The second-order valence-corrected chi connectivity index (χ2v) is 3.77. The zero-order chi connectivity index (χ0) is 13.5. The molecule has 1 aromatic rings. The van der Waals surface area contributed by atoms with E-state index in [1.807, 2.05) is 0 Å². The van der Waals surface area contributed by atoms with Gasteiger partial charge in [-0.2, -0.15) is 0 Å². The lowest BCUT2D eigenvalue weighted by Crippen LogP contribution is -2.28. The van der Waals surface area contributed by atoms with Crippen molar-refractivity contribution >= 4 is 11.7 Å². The number of carbonyl (C=O) groups is 1. The van der Waals surface area contributed by atoms with Crippen LogP contribution in [0.25, 0.3) is 0 Å². The zero-order valence-corrected chi connectivity index (χ0v) is 10.7. The average Bonchev–Trinajstić information content (AvgIpc) is 2.36. The van der Waals surface area contributed by atoms with Gasteiger partial charge in [0.25, 0.3) is 0 Å². The smallest absolute Gasteiger partial charge is 0.354 e. The summed E-state index contributed by atoms with van der Waals surface area (Å²) in [5.41, 5.74) is 5.96. The highest BCUT2D eigenvalue weighted by atomic mass is 16.5. The van der Waals surface area contributed by atoms with E-state index in [1.54, 1.807) is 0 Å². The minimum Gasteiger partial charge on any atom is -0.477 e. The van der Waals surface area contributed by atoms with Crippen molar-refractivity contribution in [2.75, 3.05) is 32.0 Å². The van der Waals surface area contributed by atoms with Gasteiger partial charge in [-0.05, 0) is 25.2 Å². The summed E-state index contributed by atoms with van der Waals surface area (Å²) in [4.78, 5) is 16.8. The number of rotatable bonds is 7. The molecule has 1 heterocycles. The van der Waals surface area contributed by atoms with Gasteiger partial charge in [0.15, 0.2) is 5.69 Å². The number of nitrogens with two attached hydrogens (primary N) is 1. The predicted molar refractivity (Wildman–Crippen MR) is 68.9 cm³/mol. The number of nitrogen functional groups attached to an aromatic ring is 1. The normalized spacial score (nSPS) is 10.6. The van der Waals surface area contributed by atoms with Crippen molar-refractivity contribution in [2.24, 2.45) is 0 Å². The Morgan fingerprint density at radius 1 is 1.44 bits per heavy atom. The molecule has 0 bridgehead atoms. The highest BCUT2D eigenvalue weighted by Gasteiger charge is 2.10. The summed E-state index contributed by atoms with van der Waals surface area (Å²) in [6, 6.07) is 2.85. The van der Waals surface area contributed by atoms with E-state index in [2.05, 4.69) is 23.7 Å². The Morgan fingerprint density at radius 2 is 2.11 bits per heavy atom. The third-order valence-electron chi connectivity index (χ3n) is 2.65. The molecule has 6 heteroatoms. The van der Waals surface area contributed by atoms with Crippen LogP contribution < -0.4 is 10.5 Å². The van der Waals surface area contributed by atoms with Crippen LogP contribution >= 0.6 is 0 Å². The molecule has 0 saturated carbocycles. The molecule has 18 heavy (non-hydrogen) atoms. The summed E-state index contributed by atoms with van der Waals surface area (Å²) in [5.74, 6) is -0.911. The van der Waals surface area contributed by atoms with Crippen LogP contribution in [0.4, 0.5) is 5.69 Å². The van der Waals surface area contributed by atoms with Gasteiger partial charge in [0.2, 0.25) is 5.88 Å². The zero-order valence-electron chi connectivity index (χ0n) is 10.7. The highest BCUT2D eigenvalue weighted by Crippen LogP contribution is 2.18. The third kappa shape index (κ3) is 3.89. The molecule has 0 aliphatic rings. The van der Waals surface area contributed by atoms with Gasteiger partial charge in [0.1, 0.15) is 6.61 Å². The number of carboxylic acids is 1. The predicted octanol–water partition coefficient (Wildman–Crippen LogP) is 1.08. The molecule has 0 amide bonds. The van der Waals surface area contributed by atoms with Gasteiger partial charge in [-0.15, -0.1) is 0 Å². The number of ether oxygens (including phenoxy) is 1. The molecule has 1 rings (SSSR count). The minimum absolute atomic E-state index is 0.0676. The highest BCUT2D eigenvalue weighted by molar-refractivity contribution is 5.86. The van der Waals surface area contributed by atoms with Gasteiger partial charge in [0, 0.05) is 6.54 Å². The molecule has 6 nitrogen and oxygen atoms in total. The largest absolute Gasteiger partial charge is 0.477 e. The van der Waals surface area contributed by atoms with E-state index in [0.717, 1.165) is 19.6 Å². The maximum Gasteiger partial charge on any atom is 0.354 e. The van der Waals surface area contributed by atoms with Crippen LogP contribution in [0.1, 0.15) is 24.3 Å². The van der Waals surface area contributed by atoms with Gasteiger partial charge < -0.3 is 20.5 Å². The number of aromatic nitrogens is 1. The molecule has 0 saturated heterocycles. The van der Waals surface area contributed by atoms with Crippen LogP contribution in [-0.2, 0) is 0 Å². The molecular formula is C12H19N3O3. The molecular weight excluding hydrogens is 234 g/mol. The molecule has 0 aromatic carbocycles. The lowest BCUT2D eigenvalue weighted by atomic mass is 10.3. The van der Waals surface area contributed by atoms with E-state index in [0.29, 0.717) is 12.3 Å². The number of anilines is 1. The fourth-order valence-corrected chi connectivity index (χ4v) is 1.50. The molecule has 3 N–H and O–H groups in total. The number of pyridine rings is 1. The molecule has 1 aromatic heterocycles. The number of hydrogen-bond donors (Lipinski definition) is 2. The van der Waals surface area contributed by atoms with E-state index in [-0.39, 0.29) is 11.6 Å². The van der Waals surface area contributed by atoms with Gasteiger partial charge >= 0.3 is 5.97 Å². The van der Waals surface area contributed by atoms with Crippen LogP contribution in [0.15, 0.2) is 12.1 Å². The Morgan fingerprint density at radius 3 is 2.67 bits per heavy atom. The second kappa shape index (κ2) is 6.80. The van der Waals surface area contributed by atoms with E-state index in [9.17, 15) is 4.79 Å². The first-order chi connectivity index (χ1) is 8.58. The van der Waals surface area contributed by atoms with Crippen molar-refractivity contribution in [1.82, 2.24) is 9.88 Å². The van der Waals surface area contributed by atoms with E-state index in [1.165, 1.54) is 12.1 Å². The molecule has 100 valence electrons. The molecule has 0 radical (unpaired) electrons. The van der Waals surface area contributed by atoms with Crippen molar-refractivity contribution in [3.8, 4) is 5.88 Å². The number of likely N-dealkylation sites (N-methyl/N-ethyl adjacent to an activating group) is 1. The van der Waals surface area contributed by atoms with Gasteiger partial charge in [-0.25, -0.2) is 9.78 Å². The molecule has 0 fully saturated rings. The summed E-state index contributed by atoms with van der Waals surface area (Å²) in [5, 5.41) is 8.82. The van der Waals surface area contributed by atoms with E-state index < -0.39 is 5.97 Å². The Labute approximate surface area is 106 Å². The summed E-state index contributed by atoms with van der Waals surface area (Å²) in [6.45, 7) is 7.21. The Balaban J connectivity index is 2.61. The summed E-state index contributed by atoms with van der Waals surface area (Å²) < 4.78 is 5.42. The van der Waals surface area contributed by atoms with Crippen molar-refractivity contribution < 1.29 is 14.6 Å². The maximum absolute atomic E-state index is 10.8. The van der Waals surface area contributed by atoms with E-state index in [4.69, 9.17) is 15.6 Å². The van der Waals surface area contributed by atoms with Crippen molar-refractivity contribution in [3.63, 3.8) is 0 Å². The Hall–Kier alpha value is -1.82. The minimum atomic E-state index is -1.09. The molecule has 0 aliphatic heterocycles. The first-order valence-corrected chi connectivity index (χ1v) is 5.93. The number of aromatic carboxylic acids is 1. The fraction of sp³-hybridized carbons (Fsp3) is 0.500. The van der Waals surface area contributed by atoms with Crippen LogP contribution in [0, 0.1) is 0 Å². The topological polar surface area (TPSA) is 88.7 Å². The lowest BCUT2D eigenvalue weighted by molar-refractivity contribution is 0.0689. The SMILES string of the molecule is CCN(CC)CCOc1nc(C(=O)O)ccc1N. The first kappa shape index (κ1) is 14.2. The molecule has 0 spiro atoms. The Bertz CT molecular complexity index is 406. The molecule has 0 aliphatic carbocycles. The number of hydrogen-bond acceptors (Lipinski definition) is 5. The fourth-order valence-electron chi connectivity index (χ4n) is 1.50. The monoisotopic (exact) mass is 253 g/mol. The van der Waals surface area contributed by atoms with Crippen LogP contribution in [-0.4, -0.2) is 47.2 Å². The second-order valence-electron chi connectivity index (χ2n) is 3.77. The summed E-state index contributed by atoms with van der Waals surface area (Å²) in [6.07, 6.45) is 0. The summed E-state index contributed by atoms with van der Waals surface area (Å²) in [7, 11) is 0. The van der Waals surface area contributed by atoms with Crippen molar-refractivity contribution in [3.05, 3.63) is 17.8 Å². The molecule has 0 atom stereocenters. The van der Waals surface area contributed by atoms with E-state index >= 15 is 0 Å². The average molecular weight is 253 g/mol. The van der Waals surface area contributed by atoms with Crippen LogP contribution in [0.2, 0.25) is 0 Å². The summed E-state index contributed by atoms with van der Waals surface area (Å²) >= 11 is 0. The van der Waals surface area contributed by atoms with Crippen LogP contribution in [0.3, 0.4) is 0 Å². The van der Waals surface area contributed by atoms with Crippen LogP contribution in [0.5, 0.6) is 5.88 Å². The standard InChI is InChI=1S/C12H19N3O3/c1-3-15(4-2)7-8-18-11-9(13)5-6-10(14-11)12(16)17/h5-6H,3-4,7-8,13H2,1-2H3,(H,16,17). The quantitative estimate of drug-likeness (QED) is 0.756. The van der Waals surface area contributed by atoms with Crippen molar-refractivity contribution in [2.45, 2.75) is 13.8 Å². The van der Waals surface area contributed by atoms with Crippen molar-refractivity contribution in [1.29, 1.82) is 0 Å². The Kier molecular flexibility index (Phi) is 5.38. The third-order valence-corrected chi connectivity index (χ3v) is 2.65. The first-order valence-electron chi connectivity index (χ1n) is 5.93. The lowest BCUT2D eigenvalue weighted by Gasteiger charge is -2.18. The number of nitrogens with zero attached hydrogens (tertiary/aromatic N) is 2.